The second-order valence-corrected chi connectivity index (χ2v) is 7.88. The highest BCUT2D eigenvalue weighted by Crippen LogP contribution is 2.34. The molecule has 1 fully saturated rings. The van der Waals surface area contributed by atoms with Gasteiger partial charge in [-0.1, -0.05) is 74.5 Å². The Morgan fingerprint density at radius 1 is 1.00 bits per heavy atom. The highest BCUT2D eigenvalue weighted by molar-refractivity contribution is 6.30. The van der Waals surface area contributed by atoms with Gasteiger partial charge in [-0.3, -0.25) is 14.4 Å². The average molecular weight is 435 g/mol. The number of Topliss-reactive ketones (excluding diaryl/α,β-unsaturated/α-hetero) is 1. The fourth-order valence-corrected chi connectivity index (χ4v) is 3.58. The number of allylic oxidation sites excluding steroid dienone is 1. The van der Waals surface area contributed by atoms with Crippen molar-refractivity contribution in [2.24, 2.45) is 5.92 Å². The van der Waals surface area contributed by atoms with Gasteiger partial charge in [0.05, 0.1) is 12.7 Å². The van der Waals surface area contributed by atoms with Crippen LogP contribution >= 0.6 is 0 Å². The predicted octanol–water partition coefficient (Wildman–Crippen LogP) is 3.01. The molecule has 7 heteroatoms. The molecule has 1 heterocycles. The van der Waals surface area contributed by atoms with Crippen LogP contribution in [0.25, 0.3) is 5.57 Å². The Balaban J connectivity index is 2.04. The van der Waals surface area contributed by atoms with Crippen LogP contribution in [0.3, 0.4) is 0 Å². The third-order valence-corrected chi connectivity index (χ3v) is 5.07. The molecule has 1 saturated heterocycles. The molecular formula is C25H25NO6. The van der Waals surface area contributed by atoms with Gasteiger partial charge in [0.15, 0.2) is 5.76 Å². The minimum atomic E-state index is -1.15. The van der Waals surface area contributed by atoms with E-state index in [9.17, 15) is 19.2 Å². The summed E-state index contributed by atoms with van der Waals surface area (Å²) in [6.45, 7) is 3.82. The predicted molar refractivity (Wildman–Crippen MR) is 117 cm³/mol. The van der Waals surface area contributed by atoms with Crippen LogP contribution in [-0.4, -0.2) is 36.8 Å². The van der Waals surface area contributed by atoms with Crippen LogP contribution in [0.5, 0.6) is 0 Å². The van der Waals surface area contributed by atoms with Crippen LogP contribution in [0.4, 0.5) is 0 Å². The number of nitrogens with one attached hydrogen (secondary N) is 1. The summed E-state index contributed by atoms with van der Waals surface area (Å²) < 4.78 is 10.2. The summed E-state index contributed by atoms with van der Waals surface area (Å²) in [5, 5.41) is 2.65. The number of ketones is 1. The first-order valence-corrected chi connectivity index (χ1v) is 10.3. The van der Waals surface area contributed by atoms with E-state index >= 15 is 0 Å². The molecule has 2 aromatic rings. The number of hydrogen-bond donors (Lipinski definition) is 1. The molecule has 1 amide bonds. The van der Waals surface area contributed by atoms with Crippen LogP contribution in [0, 0.1) is 5.92 Å². The van der Waals surface area contributed by atoms with Gasteiger partial charge in [-0.05, 0) is 23.5 Å². The molecule has 3 rings (SSSR count). The molecule has 0 aliphatic carbocycles. The number of cyclic esters (lactones) is 1. The number of benzene rings is 2. The van der Waals surface area contributed by atoms with Gasteiger partial charge in [-0.2, -0.15) is 0 Å². The topological polar surface area (TPSA) is 98.8 Å². The smallest absolute Gasteiger partial charge is 0.328 e. The van der Waals surface area contributed by atoms with Crippen molar-refractivity contribution in [3.8, 4) is 0 Å². The van der Waals surface area contributed by atoms with E-state index in [1.807, 2.05) is 13.8 Å². The van der Waals surface area contributed by atoms with Crippen molar-refractivity contribution in [3.63, 3.8) is 0 Å². The van der Waals surface area contributed by atoms with Gasteiger partial charge in [0.1, 0.15) is 12.0 Å². The van der Waals surface area contributed by atoms with E-state index in [1.54, 1.807) is 60.7 Å². The number of carbonyl (C=O) groups is 4. The Hall–Kier alpha value is -3.74. The van der Waals surface area contributed by atoms with Crippen LogP contribution in [0.1, 0.15) is 37.3 Å². The Labute approximate surface area is 186 Å². The highest BCUT2D eigenvalue weighted by atomic mass is 16.6. The van der Waals surface area contributed by atoms with Crippen LogP contribution in [0.2, 0.25) is 0 Å². The normalized spacial score (nSPS) is 18.2. The van der Waals surface area contributed by atoms with E-state index < -0.39 is 35.6 Å². The maximum Gasteiger partial charge on any atom is 0.328 e. The Bertz CT molecular complexity index is 1040. The molecule has 1 aliphatic rings. The largest absolute Gasteiger partial charge is 0.467 e. The molecule has 2 atom stereocenters. The molecule has 0 saturated carbocycles. The van der Waals surface area contributed by atoms with Crippen molar-refractivity contribution in [3.05, 3.63) is 77.5 Å². The van der Waals surface area contributed by atoms with E-state index in [1.165, 1.54) is 7.11 Å². The van der Waals surface area contributed by atoms with Crippen LogP contribution in [0.15, 0.2) is 66.4 Å². The van der Waals surface area contributed by atoms with E-state index in [0.717, 1.165) is 0 Å². The second-order valence-electron chi connectivity index (χ2n) is 7.88. The number of amides is 1. The molecule has 0 unspecified atom stereocenters. The molecule has 7 nitrogen and oxygen atoms in total. The minimum absolute atomic E-state index is 0.0972. The summed E-state index contributed by atoms with van der Waals surface area (Å²) in [4.78, 5) is 51.3. The SMILES string of the molecule is COC(=O)[C@H](CC(C)C)NC(=O)C(=C1OC(=O)[C@H](c2ccccc2)C1=O)c1ccccc1. The molecule has 0 spiro atoms. The van der Waals surface area contributed by atoms with Crippen molar-refractivity contribution in [1.82, 2.24) is 5.32 Å². The Kier molecular flexibility index (Phi) is 7.20. The fraction of sp³-hybridized carbons (Fsp3) is 0.280. The van der Waals surface area contributed by atoms with Gasteiger partial charge in [0, 0.05) is 0 Å². The molecule has 0 radical (unpaired) electrons. The summed E-state index contributed by atoms with van der Waals surface area (Å²) in [5.74, 6) is -4.03. The summed E-state index contributed by atoms with van der Waals surface area (Å²) in [7, 11) is 1.24. The first kappa shape index (κ1) is 22.9. The van der Waals surface area contributed by atoms with Gasteiger partial charge in [0.2, 0.25) is 5.78 Å². The molecule has 1 aliphatic heterocycles. The maximum absolute atomic E-state index is 13.3. The van der Waals surface area contributed by atoms with E-state index in [0.29, 0.717) is 17.5 Å². The zero-order valence-corrected chi connectivity index (χ0v) is 18.2. The van der Waals surface area contributed by atoms with Crippen molar-refractivity contribution in [2.75, 3.05) is 7.11 Å². The number of carbonyl (C=O) groups excluding carboxylic acids is 4. The van der Waals surface area contributed by atoms with Gasteiger partial charge in [0.25, 0.3) is 5.91 Å². The molecule has 32 heavy (non-hydrogen) atoms. The van der Waals surface area contributed by atoms with Crippen molar-refractivity contribution in [1.29, 1.82) is 0 Å². The molecule has 0 aromatic heterocycles. The first-order chi connectivity index (χ1) is 15.3. The Morgan fingerprint density at radius 3 is 2.16 bits per heavy atom. The summed E-state index contributed by atoms with van der Waals surface area (Å²) in [5.41, 5.74) is 0.778. The molecule has 2 aromatic carbocycles. The van der Waals surface area contributed by atoms with Crippen molar-refractivity contribution >= 4 is 29.2 Å². The van der Waals surface area contributed by atoms with Crippen LogP contribution < -0.4 is 5.32 Å². The summed E-state index contributed by atoms with van der Waals surface area (Å²) in [6, 6.07) is 16.0. The minimum Gasteiger partial charge on any atom is -0.467 e. The van der Waals surface area contributed by atoms with E-state index in [4.69, 9.17) is 9.47 Å². The van der Waals surface area contributed by atoms with Crippen LogP contribution in [-0.2, 0) is 28.7 Å². The number of hydrogen-bond acceptors (Lipinski definition) is 6. The maximum atomic E-state index is 13.3. The highest BCUT2D eigenvalue weighted by Gasteiger charge is 2.44. The van der Waals surface area contributed by atoms with Gasteiger partial charge in [-0.15, -0.1) is 0 Å². The first-order valence-electron chi connectivity index (χ1n) is 10.3. The zero-order chi connectivity index (χ0) is 23.3. The van der Waals surface area contributed by atoms with Crippen molar-refractivity contribution in [2.45, 2.75) is 32.2 Å². The second kappa shape index (κ2) is 10.0. The molecule has 1 N–H and O–H groups in total. The standard InChI is InChI=1S/C25H25NO6/c1-15(2)14-18(24(29)31-3)26-23(28)20(17-12-8-5-9-13-17)22-21(27)19(25(30)32-22)16-10-6-4-7-11-16/h4-13,15,18-19H,14H2,1-3H3,(H,26,28)/t18-,19+/m0/s1. The quantitative estimate of drug-likeness (QED) is 0.408. The lowest BCUT2D eigenvalue weighted by molar-refractivity contribution is -0.145. The average Bonchev–Trinajstić information content (AvgIpc) is 3.07. The molecule has 166 valence electrons. The van der Waals surface area contributed by atoms with Gasteiger partial charge in [-0.25, -0.2) is 4.79 Å². The van der Waals surface area contributed by atoms with Gasteiger partial charge < -0.3 is 14.8 Å². The lowest BCUT2D eigenvalue weighted by Crippen LogP contribution is -2.43. The number of rotatable bonds is 7. The number of ether oxygens (including phenoxy) is 2. The fourth-order valence-electron chi connectivity index (χ4n) is 3.58. The van der Waals surface area contributed by atoms with Crippen molar-refractivity contribution < 1.29 is 28.7 Å². The van der Waals surface area contributed by atoms with E-state index in [2.05, 4.69) is 5.32 Å². The summed E-state index contributed by atoms with van der Waals surface area (Å²) in [6.07, 6.45) is 0.343. The third kappa shape index (κ3) is 4.94. The lowest BCUT2D eigenvalue weighted by Gasteiger charge is -2.19. The summed E-state index contributed by atoms with van der Waals surface area (Å²) >= 11 is 0. The molecular weight excluding hydrogens is 410 g/mol. The van der Waals surface area contributed by atoms with Gasteiger partial charge >= 0.3 is 11.9 Å². The Morgan fingerprint density at radius 2 is 1.59 bits per heavy atom. The monoisotopic (exact) mass is 435 g/mol. The lowest BCUT2D eigenvalue weighted by atomic mass is 9.93. The molecule has 0 bridgehead atoms. The zero-order valence-electron chi connectivity index (χ0n) is 18.2. The number of methoxy groups -OCH3 is 1. The number of esters is 2. The van der Waals surface area contributed by atoms with E-state index in [-0.39, 0.29) is 17.3 Å². The third-order valence-electron chi connectivity index (χ3n) is 5.07.